The first-order chi connectivity index (χ1) is 16.0. The molecule has 0 aliphatic carbocycles. The summed E-state index contributed by atoms with van der Waals surface area (Å²) >= 11 is 0. The number of esters is 1. The van der Waals surface area contributed by atoms with Gasteiger partial charge < -0.3 is 14.4 Å². The van der Waals surface area contributed by atoms with Crippen LogP contribution in [0.4, 0.5) is 4.39 Å². The minimum atomic E-state index is -1.49. The Kier molecular flexibility index (Phi) is 5.17. The molecule has 2 aliphatic rings. The number of hydrogen-bond acceptors (Lipinski definition) is 5. The zero-order valence-corrected chi connectivity index (χ0v) is 20.0. The molecule has 178 valence electrons. The maximum absolute atomic E-state index is 14.1. The number of rotatable bonds is 3. The van der Waals surface area contributed by atoms with E-state index in [-0.39, 0.29) is 36.2 Å². The molecule has 1 aromatic carbocycles. The molecular weight excluding hydrogens is 435 g/mol. The van der Waals surface area contributed by atoms with Crippen LogP contribution in [0.5, 0.6) is 0 Å². The van der Waals surface area contributed by atoms with Gasteiger partial charge in [-0.2, -0.15) is 0 Å². The molecule has 1 atom stereocenters. The van der Waals surface area contributed by atoms with Gasteiger partial charge >= 0.3 is 5.97 Å². The van der Waals surface area contributed by atoms with E-state index in [1.54, 1.807) is 23.6 Å². The van der Waals surface area contributed by atoms with Crippen LogP contribution in [0.2, 0.25) is 0 Å². The van der Waals surface area contributed by atoms with Crippen LogP contribution in [0.25, 0.3) is 22.3 Å². The van der Waals surface area contributed by atoms with Crippen molar-refractivity contribution in [2.75, 3.05) is 0 Å². The number of aromatic nitrogens is 2. The summed E-state index contributed by atoms with van der Waals surface area (Å²) in [4.78, 5) is 30.5. The summed E-state index contributed by atoms with van der Waals surface area (Å²) in [5.41, 5.74) is 2.85. The van der Waals surface area contributed by atoms with Gasteiger partial charge in [0.1, 0.15) is 18.0 Å². The highest BCUT2D eigenvalue weighted by molar-refractivity contribution is 5.88. The lowest BCUT2D eigenvalue weighted by Gasteiger charge is -2.26. The van der Waals surface area contributed by atoms with Crippen molar-refractivity contribution in [1.82, 2.24) is 9.55 Å². The third kappa shape index (κ3) is 3.63. The lowest BCUT2D eigenvalue weighted by atomic mass is 9.85. The average molecular weight is 465 g/mol. The summed E-state index contributed by atoms with van der Waals surface area (Å²) < 4.78 is 21.0. The number of pyridine rings is 2. The fourth-order valence-electron chi connectivity index (χ4n) is 5.12. The van der Waals surface area contributed by atoms with Crippen LogP contribution in [-0.2, 0) is 34.7 Å². The van der Waals surface area contributed by atoms with E-state index in [1.807, 2.05) is 0 Å². The Morgan fingerprint density at radius 1 is 1.21 bits per heavy atom. The number of aryl methyl sites for hydroxylation is 1. The van der Waals surface area contributed by atoms with E-state index < -0.39 is 11.6 Å². The van der Waals surface area contributed by atoms with Crippen molar-refractivity contribution in [3.63, 3.8) is 0 Å². The van der Waals surface area contributed by atoms with Gasteiger partial charge in [0, 0.05) is 17.0 Å². The Morgan fingerprint density at radius 2 is 1.97 bits per heavy atom. The van der Waals surface area contributed by atoms with E-state index >= 15 is 0 Å². The van der Waals surface area contributed by atoms with Crippen molar-refractivity contribution in [2.45, 2.75) is 72.1 Å². The molecular formula is C27H29FN2O4. The molecule has 7 heteroatoms. The van der Waals surface area contributed by atoms with E-state index in [0.717, 1.165) is 29.4 Å². The van der Waals surface area contributed by atoms with Crippen LogP contribution in [-0.4, -0.2) is 20.6 Å². The van der Waals surface area contributed by atoms with Gasteiger partial charge in [-0.1, -0.05) is 27.7 Å². The van der Waals surface area contributed by atoms with Crippen LogP contribution in [0.3, 0.4) is 0 Å². The summed E-state index contributed by atoms with van der Waals surface area (Å²) in [5, 5.41) is 12.2. The van der Waals surface area contributed by atoms with Crippen molar-refractivity contribution in [2.24, 2.45) is 5.41 Å². The molecule has 0 spiro atoms. The fourth-order valence-corrected chi connectivity index (χ4v) is 5.12. The van der Waals surface area contributed by atoms with Gasteiger partial charge in [-0.05, 0) is 54.0 Å². The molecule has 5 rings (SSSR count). The van der Waals surface area contributed by atoms with E-state index in [0.29, 0.717) is 34.6 Å². The van der Waals surface area contributed by atoms with Gasteiger partial charge in [-0.15, -0.1) is 0 Å². The predicted octanol–water partition coefficient (Wildman–Crippen LogP) is 4.59. The molecule has 0 saturated heterocycles. The minimum Gasteiger partial charge on any atom is -0.460 e. The molecule has 0 bridgehead atoms. The molecule has 0 radical (unpaired) electrons. The number of aliphatic hydroxyl groups is 1. The van der Waals surface area contributed by atoms with E-state index in [4.69, 9.17) is 9.72 Å². The first kappa shape index (κ1) is 22.7. The third-order valence-electron chi connectivity index (χ3n) is 7.15. The number of hydrogen-bond donors (Lipinski definition) is 1. The van der Waals surface area contributed by atoms with Crippen molar-refractivity contribution in [3.8, 4) is 11.4 Å². The van der Waals surface area contributed by atoms with Crippen molar-refractivity contribution < 1.29 is 19.0 Å². The molecule has 1 N–H and O–H groups in total. The first-order valence-electron chi connectivity index (χ1n) is 11.8. The third-order valence-corrected chi connectivity index (χ3v) is 7.15. The second kappa shape index (κ2) is 7.73. The number of benzene rings is 1. The molecule has 0 unspecified atom stereocenters. The number of fused-ring (bicyclic) bond motifs is 5. The van der Waals surface area contributed by atoms with Gasteiger partial charge in [0.25, 0.3) is 5.56 Å². The van der Waals surface area contributed by atoms with Gasteiger partial charge in [-0.25, -0.2) is 9.37 Å². The second-order valence-electron chi connectivity index (χ2n) is 10.7. The monoisotopic (exact) mass is 464 g/mol. The Bertz CT molecular complexity index is 1400. The van der Waals surface area contributed by atoms with Crippen LogP contribution in [0, 0.1) is 11.2 Å². The van der Waals surface area contributed by atoms with Gasteiger partial charge in [0.15, 0.2) is 0 Å². The molecule has 0 saturated carbocycles. The van der Waals surface area contributed by atoms with E-state index in [9.17, 15) is 19.1 Å². The molecule has 2 aliphatic heterocycles. The largest absolute Gasteiger partial charge is 0.460 e. The normalized spacial score (nSPS) is 19.4. The fraction of sp³-hybridized carbons (Fsp3) is 0.444. The van der Waals surface area contributed by atoms with Gasteiger partial charge in [0.05, 0.1) is 35.4 Å². The highest BCUT2D eigenvalue weighted by Gasteiger charge is 2.39. The maximum Gasteiger partial charge on any atom is 0.309 e. The molecule has 0 fully saturated rings. The van der Waals surface area contributed by atoms with Crippen molar-refractivity contribution >= 4 is 16.9 Å². The SMILES string of the molecule is CC[C@@]1(O)CC(=O)OCc2c1cc1n(c2=O)Cc2c-1nc1cc(F)ccc1c2CCC(C)(C)C. The van der Waals surface area contributed by atoms with Gasteiger partial charge in [-0.3, -0.25) is 9.59 Å². The summed E-state index contributed by atoms with van der Waals surface area (Å²) in [6.45, 7) is 8.50. The van der Waals surface area contributed by atoms with Crippen LogP contribution >= 0.6 is 0 Å². The Hall–Kier alpha value is -3.06. The summed E-state index contributed by atoms with van der Waals surface area (Å²) in [5.74, 6) is -0.898. The second-order valence-corrected chi connectivity index (χ2v) is 10.7. The molecule has 3 aromatic rings. The Balaban J connectivity index is 1.77. The Labute approximate surface area is 197 Å². The summed E-state index contributed by atoms with van der Waals surface area (Å²) in [6, 6.07) is 6.42. The van der Waals surface area contributed by atoms with Crippen LogP contribution < -0.4 is 5.56 Å². The maximum atomic E-state index is 14.1. The molecule has 0 amide bonds. The topological polar surface area (TPSA) is 81.4 Å². The highest BCUT2D eigenvalue weighted by Crippen LogP contribution is 2.41. The Morgan fingerprint density at radius 3 is 2.68 bits per heavy atom. The standard InChI is InChI=1S/C27H29FN2O4/c1-5-27(33)12-23(31)34-14-19-20(27)11-22-24-18(13-30(22)25(19)32)16(8-9-26(2,3)4)17-7-6-15(28)10-21(17)29-24/h6-7,10-11,33H,5,8-9,12-14H2,1-4H3/t27-/m1/s1. The lowest BCUT2D eigenvalue weighted by Crippen LogP contribution is -2.32. The van der Waals surface area contributed by atoms with Crippen LogP contribution in [0.1, 0.15) is 69.2 Å². The first-order valence-corrected chi connectivity index (χ1v) is 11.8. The molecule has 4 heterocycles. The zero-order valence-electron chi connectivity index (χ0n) is 20.0. The molecule has 6 nitrogen and oxygen atoms in total. The van der Waals surface area contributed by atoms with E-state index in [1.165, 1.54) is 12.1 Å². The van der Waals surface area contributed by atoms with Crippen molar-refractivity contribution in [1.29, 1.82) is 0 Å². The van der Waals surface area contributed by atoms with E-state index in [2.05, 4.69) is 20.8 Å². The highest BCUT2D eigenvalue weighted by atomic mass is 19.1. The number of cyclic esters (lactones) is 1. The molecule has 34 heavy (non-hydrogen) atoms. The number of ether oxygens (including phenoxy) is 1. The van der Waals surface area contributed by atoms with Crippen LogP contribution in [0.15, 0.2) is 29.1 Å². The van der Waals surface area contributed by atoms with Gasteiger partial charge in [0.2, 0.25) is 0 Å². The number of halogens is 1. The predicted molar refractivity (Wildman–Crippen MR) is 127 cm³/mol. The quantitative estimate of drug-likeness (QED) is 0.449. The smallest absolute Gasteiger partial charge is 0.309 e. The number of carbonyl (C=O) groups is 1. The minimum absolute atomic E-state index is 0.101. The van der Waals surface area contributed by atoms with Crippen molar-refractivity contribution in [3.05, 3.63) is 62.7 Å². The number of nitrogens with zero attached hydrogens (tertiary/aromatic N) is 2. The zero-order chi connectivity index (χ0) is 24.4. The summed E-state index contributed by atoms with van der Waals surface area (Å²) in [7, 11) is 0. The average Bonchev–Trinajstić information content (AvgIpc) is 3.07. The number of carbonyl (C=O) groups excluding carboxylic acids is 1. The molecule has 2 aromatic heterocycles. The lowest BCUT2D eigenvalue weighted by molar-refractivity contribution is -0.149. The summed E-state index contributed by atoms with van der Waals surface area (Å²) in [6.07, 6.45) is 1.75.